The van der Waals surface area contributed by atoms with Crippen LogP contribution in [0.2, 0.25) is 0 Å². The number of hydrogen-bond donors (Lipinski definition) is 1. The second-order valence-corrected chi connectivity index (χ2v) is 4.70. The SMILES string of the molecule is OC1CCC(c2nc(-c3cccnc3)no2)CC1. The molecule has 0 amide bonds. The van der Waals surface area contributed by atoms with Gasteiger partial charge in [0, 0.05) is 23.9 Å². The van der Waals surface area contributed by atoms with Gasteiger partial charge < -0.3 is 9.63 Å². The number of aliphatic hydroxyl groups is 1. The van der Waals surface area contributed by atoms with Gasteiger partial charge in [-0.05, 0) is 37.8 Å². The van der Waals surface area contributed by atoms with Crippen LogP contribution in [0.1, 0.15) is 37.5 Å². The molecule has 0 saturated heterocycles. The molecule has 1 saturated carbocycles. The first-order valence-electron chi connectivity index (χ1n) is 6.25. The van der Waals surface area contributed by atoms with Crippen molar-refractivity contribution in [2.45, 2.75) is 37.7 Å². The number of aromatic nitrogens is 3. The number of nitrogens with zero attached hydrogens (tertiary/aromatic N) is 3. The predicted molar refractivity (Wildman–Crippen MR) is 64.7 cm³/mol. The molecule has 1 aliphatic carbocycles. The number of aliphatic hydroxyl groups excluding tert-OH is 1. The van der Waals surface area contributed by atoms with Crippen molar-refractivity contribution in [3.05, 3.63) is 30.4 Å². The number of hydrogen-bond acceptors (Lipinski definition) is 5. The van der Waals surface area contributed by atoms with E-state index >= 15 is 0 Å². The average Bonchev–Trinajstić information content (AvgIpc) is 2.90. The Balaban J connectivity index is 1.78. The van der Waals surface area contributed by atoms with Crippen molar-refractivity contribution in [1.29, 1.82) is 0 Å². The summed E-state index contributed by atoms with van der Waals surface area (Å²) in [5.41, 5.74) is 0.864. The van der Waals surface area contributed by atoms with Gasteiger partial charge in [0.05, 0.1) is 6.10 Å². The zero-order valence-corrected chi connectivity index (χ0v) is 9.99. The summed E-state index contributed by atoms with van der Waals surface area (Å²) in [5, 5.41) is 13.5. The summed E-state index contributed by atoms with van der Waals surface area (Å²) in [5.74, 6) is 1.55. The molecule has 0 aliphatic heterocycles. The van der Waals surface area contributed by atoms with Gasteiger partial charge in [-0.1, -0.05) is 5.16 Å². The monoisotopic (exact) mass is 245 g/mol. The van der Waals surface area contributed by atoms with Crippen LogP contribution in [0.5, 0.6) is 0 Å². The smallest absolute Gasteiger partial charge is 0.230 e. The highest BCUT2D eigenvalue weighted by molar-refractivity contribution is 5.51. The van der Waals surface area contributed by atoms with E-state index in [2.05, 4.69) is 15.1 Å². The van der Waals surface area contributed by atoms with Gasteiger partial charge in [0.1, 0.15) is 0 Å². The minimum atomic E-state index is -0.165. The number of rotatable bonds is 2. The molecule has 2 heterocycles. The average molecular weight is 245 g/mol. The maximum atomic E-state index is 9.48. The second kappa shape index (κ2) is 4.86. The highest BCUT2D eigenvalue weighted by Gasteiger charge is 2.25. The third kappa shape index (κ3) is 2.26. The van der Waals surface area contributed by atoms with Crippen molar-refractivity contribution in [2.75, 3.05) is 0 Å². The van der Waals surface area contributed by atoms with Gasteiger partial charge in [0.2, 0.25) is 11.7 Å². The van der Waals surface area contributed by atoms with Crippen LogP contribution in [0.4, 0.5) is 0 Å². The van der Waals surface area contributed by atoms with Gasteiger partial charge in [-0.3, -0.25) is 4.98 Å². The fourth-order valence-corrected chi connectivity index (χ4v) is 2.34. The Kier molecular flexibility index (Phi) is 3.06. The maximum Gasteiger partial charge on any atom is 0.230 e. The lowest BCUT2D eigenvalue weighted by atomic mass is 9.87. The molecule has 0 atom stereocenters. The van der Waals surface area contributed by atoms with Gasteiger partial charge in [0.25, 0.3) is 0 Å². The van der Waals surface area contributed by atoms with Crippen LogP contribution in [0, 0.1) is 0 Å². The van der Waals surface area contributed by atoms with E-state index < -0.39 is 0 Å². The summed E-state index contributed by atoms with van der Waals surface area (Å²) < 4.78 is 5.32. The van der Waals surface area contributed by atoms with Crippen LogP contribution in [0.15, 0.2) is 29.0 Å². The van der Waals surface area contributed by atoms with Crippen molar-refractivity contribution < 1.29 is 9.63 Å². The molecule has 1 N–H and O–H groups in total. The lowest BCUT2D eigenvalue weighted by molar-refractivity contribution is 0.116. The van der Waals surface area contributed by atoms with Crippen LogP contribution in [-0.2, 0) is 0 Å². The zero-order chi connectivity index (χ0) is 12.4. The molecule has 2 aromatic heterocycles. The second-order valence-electron chi connectivity index (χ2n) is 4.70. The van der Waals surface area contributed by atoms with Crippen LogP contribution in [0.3, 0.4) is 0 Å². The highest BCUT2D eigenvalue weighted by Crippen LogP contribution is 2.32. The van der Waals surface area contributed by atoms with Crippen LogP contribution in [-0.4, -0.2) is 26.3 Å². The number of pyridine rings is 1. The van der Waals surface area contributed by atoms with E-state index in [1.54, 1.807) is 12.4 Å². The molecule has 0 aromatic carbocycles. The lowest BCUT2D eigenvalue weighted by Gasteiger charge is -2.22. The largest absolute Gasteiger partial charge is 0.393 e. The first kappa shape index (κ1) is 11.3. The van der Waals surface area contributed by atoms with Crippen LogP contribution < -0.4 is 0 Å². The minimum absolute atomic E-state index is 0.165. The normalized spacial score (nSPS) is 24.1. The van der Waals surface area contributed by atoms with E-state index in [1.165, 1.54) is 0 Å². The Hall–Kier alpha value is -1.75. The maximum absolute atomic E-state index is 9.48. The molecule has 0 bridgehead atoms. The topological polar surface area (TPSA) is 72.0 Å². The van der Waals surface area contributed by atoms with Gasteiger partial charge in [0.15, 0.2) is 0 Å². The molecule has 2 aromatic rings. The molecule has 0 unspecified atom stereocenters. The first-order chi connectivity index (χ1) is 8.83. The summed E-state index contributed by atoms with van der Waals surface area (Å²) in [6.07, 6.45) is 6.73. The van der Waals surface area contributed by atoms with E-state index in [9.17, 15) is 5.11 Å². The quantitative estimate of drug-likeness (QED) is 0.877. The van der Waals surface area contributed by atoms with E-state index in [-0.39, 0.29) is 12.0 Å². The van der Waals surface area contributed by atoms with Gasteiger partial charge in [-0.2, -0.15) is 4.98 Å². The summed E-state index contributed by atoms with van der Waals surface area (Å²) in [6.45, 7) is 0. The highest BCUT2D eigenvalue weighted by atomic mass is 16.5. The molecular formula is C13H15N3O2. The molecule has 3 rings (SSSR count). The zero-order valence-electron chi connectivity index (χ0n) is 9.99. The first-order valence-corrected chi connectivity index (χ1v) is 6.25. The molecule has 1 aliphatic rings. The van der Waals surface area contributed by atoms with E-state index in [0.717, 1.165) is 31.2 Å². The molecular weight excluding hydrogens is 230 g/mol. The van der Waals surface area contributed by atoms with Crippen molar-refractivity contribution in [2.24, 2.45) is 0 Å². The van der Waals surface area contributed by atoms with Crippen molar-refractivity contribution in [3.8, 4) is 11.4 Å². The van der Waals surface area contributed by atoms with Gasteiger partial charge >= 0.3 is 0 Å². The minimum Gasteiger partial charge on any atom is -0.393 e. The molecule has 5 heteroatoms. The molecule has 18 heavy (non-hydrogen) atoms. The van der Waals surface area contributed by atoms with E-state index in [4.69, 9.17) is 4.52 Å². The fourth-order valence-electron chi connectivity index (χ4n) is 2.34. The summed E-state index contributed by atoms with van der Waals surface area (Å²) >= 11 is 0. The lowest BCUT2D eigenvalue weighted by Crippen LogP contribution is -2.17. The Bertz CT molecular complexity index is 504. The summed E-state index contributed by atoms with van der Waals surface area (Å²) in [6, 6.07) is 3.76. The van der Waals surface area contributed by atoms with Crippen molar-refractivity contribution in [3.63, 3.8) is 0 Å². The standard InChI is InChI=1S/C13H15N3O2/c17-11-5-3-9(4-6-11)13-15-12(16-18-13)10-2-1-7-14-8-10/h1-2,7-9,11,17H,3-6H2. The van der Waals surface area contributed by atoms with Crippen LogP contribution in [0.25, 0.3) is 11.4 Å². The van der Waals surface area contributed by atoms with Crippen LogP contribution >= 0.6 is 0 Å². The molecule has 1 fully saturated rings. The summed E-state index contributed by atoms with van der Waals surface area (Å²) in [7, 11) is 0. The third-order valence-electron chi connectivity index (χ3n) is 3.41. The van der Waals surface area contributed by atoms with Gasteiger partial charge in [-0.25, -0.2) is 0 Å². The van der Waals surface area contributed by atoms with Crippen molar-refractivity contribution in [1.82, 2.24) is 15.1 Å². The fraction of sp³-hybridized carbons (Fsp3) is 0.462. The van der Waals surface area contributed by atoms with E-state index in [1.807, 2.05) is 12.1 Å². The van der Waals surface area contributed by atoms with E-state index in [0.29, 0.717) is 11.7 Å². The molecule has 5 nitrogen and oxygen atoms in total. The predicted octanol–water partition coefficient (Wildman–Crippen LogP) is 2.15. The molecule has 0 spiro atoms. The Morgan fingerprint density at radius 3 is 2.78 bits per heavy atom. The summed E-state index contributed by atoms with van der Waals surface area (Å²) in [4.78, 5) is 8.47. The Morgan fingerprint density at radius 1 is 1.22 bits per heavy atom. The molecule has 0 radical (unpaired) electrons. The Labute approximate surface area is 105 Å². The third-order valence-corrected chi connectivity index (χ3v) is 3.41. The van der Waals surface area contributed by atoms with Crippen molar-refractivity contribution >= 4 is 0 Å². The molecule has 94 valence electrons. The Morgan fingerprint density at radius 2 is 2.06 bits per heavy atom. The van der Waals surface area contributed by atoms with Gasteiger partial charge in [-0.15, -0.1) is 0 Å².